The maximum Gasteiger partial charge on any atom is 0.228 e. The van der Waals surface area contributed by atoms with Crippen LogP contribution >= 0.6 is 23.5 Å². The van der Waals surface area contributed by atoms with E-state index in [0.29, 0.717) is 11.1 Å². The van der Waals surface area contributed by atoms with Gasteiger partial charge in [-0.05, 0) is 12.1 Å². The first kappa shape index (κ1) is 12.0. The zero-order valence-corrected chi connectivity index (χ0v) is 11.4. The number of nitrogens with zero attached hydrogens (tertiary/aromatic N) is 3. The van der Waals surface area contributed by atoms with Gasteiger partial charge in [0.05, 0.1) is 0 Å². The Bertz CT molecular complexity index is 497. The molecule has 3 heterocycles. The van der Waals surface area contributed by atoms with E-state index in [-0.39, 0.29) is 0 Å². The van der Waals surface area contributed by atoms with Crippen molar-refractivity contribution in [1.82, 2.24) is 15.1 Å². The third kappa shape index (κ3) is 2.87. The first-order valence-corrected chi connectivity index (χ1v) is 8.05. The van der Waals surface area contributed by atoms with Crippen LogP contribution in [0.5, 0.6) is 0 Å². The molecule has 1 unspecified atom stereocenters. The lowest BCUT2D eigenvalue weighted by Crippen LogP contribution is -2.16. The molecular weight excluding hydrogens is 266 g/mol. The largest absolute Gasteiger partial charge is 0.339 e. The number of rotatable bonds is 3. The van der Waals surface area contributed by atoms with E-state index in [0.717, 1.165) is 18.0 Å². The fourth-order valence-electron chi connectivity index (χ4n) is 1.79. The van der Waals surface area contributed by atoms with Gasteiger partial charge in [-0.15, -0.1) is 0 Å². The Morgan fingerprint density at radius 2 is 2.33 bits per heavy atom. The smallest absolute Gasteiger partial charge is 0.228 e. The first-order valence-electron chi connectivity index (χ1n) is 5.85. The molecule has 1 saturated heterocycles. The molecule has 18 heavy (non-hydrogen) atoms. The van der Waals surface area contributed by atoms with Gasteiger partial charge in [0.1, 0.15) is 5.69 Å². The Morgan fingerprint density at radius 3 is 3.11 bits per heavy atom. The highest BCUT2D eigenvalue weighted by Crippen LogP contribution is 2.26. The number of pyridine rings is 1. The Kier molecular flexibility index (Phi) is 3.85. The fraction of sp³-hybridized carbons (Fsp3) is 0.417. The number of thioether (sulfide) groups is 2. The van der Waals surface area contributed by atoms with Crippen LogP contribution in [-0.2, 0) is 6.42 Å². The molecule has 1 fully saturated rings. The molecular formula is C12H13N3OS2. The van der Waals surface area contributed by atoms with Crippen molar-refractivity contribution in [1.29, 1.82) is 0 Å². The van der Waals surface area contributed by atoms with Crippen LogP contribution in [0.15, 0.2) is 28.9 Å². The van der Waals surface area contributed by atoms with Crippen molar-refractivity contribution in [3.63, 3.8) is 0 Å². The van der Waals surface area contributed by atoms with Crippen molar-refractivity contribution in [3.05, 3.63) is 30.3 Å². The maximum atomic E-state index is 5.30. The molecule has 94 valence electrons. The minimum Gasteiger partial charge on any atom is -0.339 e. The van der Waals surface area contributed by atoms with Gasteiger partial charge in [-0.1, -0.05) is 11.2 Å². The third-order valence-electron chi connectivity index (χ3n) is 2.65. The van der Waals surface area contributed by atoms with Gasteiger partial charge in [-0.2, -0.15) is 28.5 Å². The third-order valence-corrected chi connectivity index (χ3v) is 5.49. The minimum atomic E-state index is 0.582. The van der Waals surface area contributed by atoms with Gasteiger partial charge in [0, 0.05) is 35.1 Å². The van der Waals surface area contributed by atoms with Crippen LogP contribution in [0.4, 0.5) is 0 Å². The zero-order chi connectivity index (χ0) is 12.2. The summed E-state index contributed by atoms with van der Waals surface area (Å²) in [6.45, 7) is 0. The van der Waals surface area contributed by atoms with Crippen LogP contribution in [0.2, 0.25) is 0 Å². The standard InChI is InChI=1S/C12H13N3OS2/c1-2-4-13-10(3-1)12-14-11(16-15-12)7-9-8-17-5-6-18-9/h1-4,9H,5-8H2. The summed E-state index contributed by atoms with van der Waals surface area (Å²) in [4.78, 5) is 8.63. The van der Waals surface area contributed by atoms with E-state index in [2.05, 4.69) is 15.1 Å². The second-order valence-electron chi connectivity index (χ2n) is 4.00. The molecule has 6 heteroatoms. The molecule has 1 atom stereocenters. The average Bonchev–Trinajstić information content (AvgIpc) is 2.89. The summed E-state index contributed by atoms with van der Waals surface area (Å²) in [6.07, 6.45) is 2.59. The van der Waals surface area contributed by atoms with Gasteiger partial charge in [0.15, 0.2) is 0 Å². The maximum absolute atomic E-state index is 5.30. The molecule has 2 aromatic rings. The van der Waals surface area contributed by atoms with Gasteiger partial charge in [-0.3, -0.25) is 4.98 Å². The quantitative estimate of drug-likeness (QED) is 0.860. The molecule has 0 saturated carbocycles. The lowest BCUT2D eigenvalue weighted by Gasteiger charge is -2.18. The van der Waals surface area contributed by atoms with Crippen LogP contribution in [0.1, 0.15) is 5.89 Å². The van der Waals surface area contributed by atoms with Crippen molar-refractivity contribution in [3.8, 4) is 11.5 Å². The van der Waals surface area contributed by atoms with Crippen LogP contribution < -0.4 is 0 Å². The Hall–Kier alpha value is -1.01. The predicted octanol–water partition coefficient (Wildman–Crippen LogP) is 2.52. The molecule has 0 spiro atoms. The van der Waals surface area contributed by atoms with Crippen molar-refractivity contribution in [2.45, 2.75) is 11.7 Å². The lowest BCUT2D eigenvalue weighted by molar-refractivity contribution is 0.379. The molecule has 4 nitrogen and oxygen atoms in total. The number of hydrogen-bond acceptors (Lipinski definition) is 6. The van der Waals surface area contributed by atoms with E-state index >= 15 is 0 Å². The van der Waals surface area contributed by atoms with Crippen LogP contribution in [0.3, 0.4) is 0 Å². The van der Waals surface area contributed by atoms with E-state index in [4.69, 9.17) is 4.52 Å². The Balaban J connectivity index is 1.69. The predicted molar refractivity (Wildman–Crippen MR) is 74.8 cm³/mol. The Morgan fingerprint density at radius 1 is 1.33 bits per heavy atom. The van der Waals surface area contributed by atoms with Gasteiger partial charge in [0.25, 0.3) is 0 Å². The first-order chi connectivity index (χ1) is 8.92. The van der Waals surface area contributed by atoms with Crippen molar-refractivity contribution in [2.75, 3.05) is 17.3 Å². The lowest BCUT2D eigenvalue weighted by atomic mass is 10.3. The molecule has 0 amide bonds. The molecule has 0 radical (unpaired) electrons. The highest BCUT2D eigenvalue weighted by Gasteiger charge is 2.18. The van der Waals surface area contributed by atoms with Gasteiger partial charge in [-0.25, -0.2) is 0 Å². The van der Waals surface area contributed by atoms with E-state index in [1.165, 1.54) is 17.3 Å². The van der Waals surface area contributed by atoms with Crippen LogP contribution in [0.25, 0.3) is 11.5 Å². The molecule has 0 aliphatic carbocycles. The van der Waals surface area contributed by atoms with Gasteiger partial charge >= 0.3 is 0 Å². The van der Waals surface area contributed by atoms with Crippen LogP contribution in [-0.4, -0.2) is 37.6 Å². The molecule has 0 N–H and O–H groups in total. The van der Waals surface area contributed by atoms with Crippen molar-refractivity contribution < 1.29 is 4.52 Å². The van der Waals surface area contributed by atoms with Crippen molar-refractivity contribution >= 4 is 23.5 Å². The van der Waals surface area contributed by atoms with Crippen LogP contribution in [0, 0.1) is 0 Å². The topological polar surface area (TPSA) is 51.8 Å². The Labute approximate surface area is 114 Å². The summed E-state index contributed by atoms with van der Waals surface area (Å²) in [7, 11) is 0. The summed E-state index contributed by atoms with van der Waals surface area (Å²) in [6, 6.07) is 5.69. The average molecular weight is 279 g/mol. The van der Waals surface area contributed by atoms with Gasteiger partial charge < -0.3 is 4.52 Å². The SMILES string of the molecule is c1ccc(-c2noc(CC3CSCCS3)n2)nc1. The zero-order valence-electron chi connectivity index (χ0n) is 9.78. The van der Waals surface area contributed by atoms with Crippen molar-refractivity contribution in [2.24, 2.45) is 0 Å². The summed E-state index contributed by atoms with van der Waals surface area (Å²) in [5.41, 5.74) is 0.762. The summed E-state index contributed by atoms with van der Waals surface area (Å²) in [5, 5.41) is 4.59. The number of aromatic nitrogens is 3. The molecule has 1 aliphatic rings. The van der Waals surface area contributed by atoms with E-state index < -0.39 is 0 Å². The molecule has 2 aromatic heterocycles. The van der Waals surface area contributed by atoms with E-state index in [1.54, 1.807) is 6.20 Å². The summed E-state index contributed by atoms with van der Waals surface area (Å²) >= 11 is 4.00. The molecule has 0 bridgehead atoms. The van der Waals surface area contributed by atoms with E-state index in [9.17, 15) is 0 Å². The van der Waals surface area contributed by atoms with E-state index in [1.807, 2.05) is 41.7 Å². The fourth-order valence-corrected chi connectivity index (χ4v) is 4.46. The summed E-state index contributed by atoms with van der Waals surface area (Å²) < 4.78 is 5.30. The molecule has 0 aromatic carbocycles. The second kappa shape index (κ2) is 5.75. The monoisotopic (exact) mass is 279 g/mol. The molecule has 1 aliphatic heterocycles. The second-order valence-corrected chi connectivity index (χ2v) is 6.56. The summed E-state index contributed by atoms with van der Waals surface area (Å²) in [5.74, 6) is 4.95. The molecule has 3 rings (SSSR count). The van der Waals surface area contributed by atoms with Gasteiger partial charge in [0.2, 0.25) is 11.7 Å². The highest BCUT2D eigenvalue weighted by molar-refractivity contribution is 8.06. The normalized spacial score (nSPS) is 19.9. The minimum absolute atomic E-state index is 0.582. The highest BCUT2D eigenvalue weighted by atomic mass is 32.2. The number of hydrogen-bond donors (Lipinski definition) is 0.